The van der Waals surface area contributed by atoms with E-state index in [9.17, 15) is 69.6 Å². The van der Waals surface area contributed by atoms with Gasteiger partial charge in [-0.2, -0.15) is 0 Å². The Morgan fingerprint density at radius 1 is 0.434 bits per heavy atom. The van der Waals surface area contributed by atoms with Crippen LogP contribution in [0.15, 0.2) is 79.1 Å². The number of carbonyl (C=O) groups is 11. The van der Waals surface area contributed by atoms with Gasteiger partial charge in [0, 0.05) is 50.0 Å². The van der Waals surface area contributed by atoms with Gasteiger partial charge in [-0.3, -0.25) is 28.8 Å². The number of unbranched alkanes of at least 4 members (excludes halogenated alkanes) is 1. The van der Waals surface area contributed by atoms with Crippen molar-refractivity contribution in [2.45, 2.75) is 97.8 Å². The van der Waals surface area contributed by atoms with E-state index in [1.807, 2.05) is 12.1 Å². The molecule has 0 saturated heterocycles. The highest BCUT2D eigenvalue weighted by Gasteiger charge is 2.09. The summed E-state index contributed by atoms with van der Waals surface area (Å²) in [5, 5.41) is 88.9. The minimum atomic E-state index is -3.48. The molecular weight excluding hydrogens is 1140 g/mol. The van der Waals surface area contributed by atoms with E-state index in [4.69, 9.17) is 51.7 Å². The molecule has 0 spiro atoms. The predicted octanol–water partition coefficient (Wildman–Crippen LogP) is 3.30. The molecule has 0 heterocycles. The van der Waals surface area contributed by atoms with Gasteiger partial charge >= 0.3 is 47.8 Å². The van der Waals surface area contributed by atoms with Gasteiger partial charge in [-0.1, -0.05) is 30.8 Å². The van der Waals surface area contributed by atoms with Gasteiger partial charge in [-0.05, 0) is 113 Å². The second-order valence-electron chi connectivity index (χ2n) is 17.1. The molecular formula is C52H75N5O24S2. The number of aromatic carboxylic acids is 3. The van der Waals surface area contributed by atoms with E-state index in [2.05, 4.69) is 27.5 Å². The van der Waals surface area contributed by atoms with E-state index < -0.39 is 67.8 Å². The number of aryl methyl sites for hydroxylation is 2. The summed E-state index contributed by atoms with van der Waals surface area (Å²) in [6.45, 7) is 7.65. The fraction of sp³-hybridized carbons (Fsp3) is 0.404. The molecule has 0 aliphatic carbocycles. The van der Waals surface area contributed by atoms with Crippen molar-refractivity contribution in [3.05, 3.63) is 112 Å². The van der Waals surface area contributed by atoms with Gasteiger partial charge in [0.2, 0.25) is 20.0 Å². The lowest BCUT2D eigenvalue weighted by molar-refractivity contribution is -0.138. The lowest BCUT2D eigenvalue weighted by Crippen LogP contribution is -2.24. The topological polar surface area (TPSA) is 540 Å². The number of hydrogen-bond acceptors (Lipinski definition) is 19. The molecule has 3 aromatic carbocycles. The SMILES string of the molecule is C=C(O)CCS(N)(=O)=O.CC(=O)CCCCc1ccc(C(=O)O)cc1.CC(=O)CCCc1ccc(C(=O)O)cc1.CC(=O)c1cc(N)cc(C(=O)O)c1.NS(=O)(=O)CCCC(=O)O.O=C(O)CCNCC(=O)O.O=C(O)CCNCC(=O)O. The molecule has 0 aromatic heterocycles. The number of aliphatic hydroxyl groups excluding tert-OH is 1. The molecule has 0 aliphatic rings. The molecule has 0 bridgehead atoms. The molecule has 3 aromatic rings. The zero-order valence-corrected chi connectivity index (χ0v) is 47.6. The number of allylic oxidation sites excluding steroid dienone is 1. The number of nitrogens with one attached hydrogen (secondary N) is 2. The molecule has 0 radical (unpaired) electrons. The second-order valence-corrected chi connectivity index (χ2v) is 20.6. The molecule has 83 heavy (non-hydrogen) atoms. The van der Waals surface area contributed by atoms with E-state index in [1.54, 1.807) is 50.2 Å². The maximum Gasteiger partial charge on any atom is 0.335 e. The van der Waals surface area contributed by atoms with Crippen LogP contribution in [-0.2, 0) is 66.4 Å². The molecule has 29 nitrogen and oxygen atoms in total. The van der Waals surface area contributed by atoms with E-state index >= 15 is 0 Å². The first-order chi connectivity index (χ1) is 38.3. The number of sulfonamides is 2. The molecule has 17 N–H and O–H groups in total. The van der Waals surface area contributed by atoms with Crippen molar-refractivity contribution in [2.24, 2.45) is 10.3 Å². The van der Waals surface area contributed by atoms with Crippen molar-refractivity contribution in [3.8, 4) is 0 Å². The van der Waals surface area contributed by atoms with Gasteiger partial charge < -0.3 is 71.9 Å². The predicted molar refractivity (Wildman–Crippen MR) is 301 cm³/mol. The number of hydrogen-bond donors (Lipinski definition) is 14. The summed E-state index contributed by atoms with van der Waals surface area (Å²) in [7, 11) is -6.92. The van der Waals surface area contributed by atoms with Gasteiger partial charge in [0.15, 0.2) is 5.78 Å². The van der Waals surface area contributed by atoms with Crippen LogP contribution in [0, 0.1) is 0 Å². The van der Waals surface area contributed by atoms with Crippen LogP contribution in [0.5, 0.6) is 0 Å². The van der Waals surface area contributed by atoms with Crippen LogP contribution >= 0.6 is 0 Å². The first kappa shape index (κ1) is 81.0. The highest BCUT2D eigenvalue weighted by Crippen LogP contribution is 2.13. The third-order valence-electron chi connectivity index (χ3n) is 9.33. The Balaban J connectivity index is -0.000000444. The minimum Gasteiger partial charge on any atom is -0.513 e. The number of nitrogens with two attached hydrogens (primary N) is 3. The van der Waals surface area contributed by atoms with Crippen LogP contribution in [0.3, 0.4) is 0 Å². The average molecular weight is 1220 g/mol. The van der Waals surface area contributed by atoms with Gasteiger partial charge in [0.1, 0.15) is 11.6 Å². The third kappa shape index (κ3) is 59.5. The van der Waals surface area contributed by atoms with Gasteiger partial charge in [-0.15, -0.1) is 0 Å². The number of aliphatic carboxylic acids is 5. The lowest BCUT2D eigenvalue weighted by atomic mass is 10.0. The van der Waals surface area contributed by atoms with E-state index in [1.165, 1.54) is 25.1 Å². The molecule has 0 saturated carbocycles. The first-order valence-electron chi connectivity index (χ1n) is 24.4. The molecule has 0 unspecified atom stereocenters. The molecule has 0 fully saturated rings. The zero-order valence-electron chi connectivity index (χ0n) is 46.0. The maximum atomic E-state index is 10.9. The first-order valence-corrected chi connectivity index (χ1v) is 27.9. The van der Waals surface area contributed by atoms with Crippen LogP contribution in [0.4, 0.5) is 5.69 Å². The molecule has 464 valence electrons. The maximum absolute atomic E-state index is 10.9. The van der Waals surface area contributed by atoms with E-state index in [0.717, 1.165) is 43.2 Å². The Morgan fingerprint density at radius 3 is 1.10 bits per heavy atom. The molecule has 3 rings (SSSR count). The van der Waals surface area contributed by atoms with Crippen molar-refractivity contribution in [1.29, 1.82) is 0 Å². The highest BCUT2D eigenvalue weighted by atomic mass is 32.2. The normalized spacial score (nSPS) is 10.0. The Hall–Kier alpha value is -8.49. The van der Waals surface area contributed by atoms with Gasteiger partial charge in [0.05, 0.1) is 59.9 Å². The van der Waals surface area contributed by atoms with Crippen LogP contribution in [-0.4, -0.2) is 166 Å². The van der Waals surface area contributed by atoms with Gasteiger partial charge in [-0.25, -0.2) is 41.5 Å². The summed E-state index contributed by atoms with van der Waals surface area (Å²) in [5.41, 5.74) is 8.85. The summed E-state index contributed by atoms with van der Waals surface area (Å²) in [6.07, 6.45) is 5.45. The molecule has 0 aliphatic heterocycles. The number of carbonyl (C=O) groups excluding carboxylic acids is 3. The number of benzene rings is 3. The number of ketones is 3. The second kappa shape index (κ2) is 46.2. The smallest absolute Gasteiger partial charge is 0.335 e. The number of aliphatic hydroxyl groups is 1. The highest BCUT2D eigenvalue weighted by molar-refractivity contribution is 7.89. The number of carboxylic acid groups (broad SMARTS) is 8. The van der Waals surface area contributed by atoms with Crippen LogP contribution in [0.2, 0.25) is 0 Å². The molecule has 31 heteroatoms. The lowest BCUT2D eigenvalue weighted by Gasteiger charge is -2.01. The summed E-state index contributed by atoms with van der Waals surface area (Å²) < 4.78 is 40.7. The van der Waals surface area contributed by atoms with Crippen molar-refractivity contribution in [1.82, 2.24) is 10.6 Å². The number of anilines is 1. The quantitative estimate of drug-likeness (QED) is 0.0197. The minimum absolute atomic E-state index is 0.0127. The average Bonchev–Trinajstić information content (AvgIpc) is 3.35. The van der Waals surface area contributed by atoms with E-state index in [0.29, 0.717) is 29.5 Å². The van der Waals surface area contributed by atoms with Gasteiger partial charge in [0.25, 0.3) is 0 Å². The number of carboxylic acids is 8. The van der Waals surface area contributed by atoms with Crippen molar-refractivity contribution in [2.75, 3.05) is 43.4 Å². The van der Waals surface area contributed by atoms with Crippen LogP contribution in [0.1, 0.15) is 138 Å². The summed E-state index contributed by atoms with van der Waals surface area (Å²) in [4.78, 5) is 113. The van der Waals surface area contributed by atoms with Crippen molar-refractivity contribution in [3.63, 3.8) is 0 Å². The Morgan fingerprint density at radius 2 is 0.795 bits per heavy atom. The summed E-state index contributed by atoms with van der Waals surface area (Å²) in [5.74, 6) is -8.20. The van der Waals surface area contributed by atoms with Crippen LogP contribution < -0.4 is 26.6 Å². The number of nitrogen functional groups attached to an aromatic ring is 1. The van der Waals surface area contributed by atoms with Crippen LogP contribution in [0.25, 0.3) is 0 Å². The largest absolute Gasteiger partial charge is 0.513 e. The molecule has 0 amide bonds. The Bertz CT molecular complexity index is 2710. The Labute approximate surface area is 479 Å². The third-order valence-corrected chi connectivity index (χ3v) is 11.0. The molecule has 0 atom stereocenters. The van der Waals surface area contributed by atoms with Crippen molar-refractivity contribution < 1.29 is 116 Å². The number of rotatable bonds is 30. The standard InChI is InChI=1S/C13H16O3.C12H14O3.C9H9NO3.2C5H9NO4.C4H9NO4S.C4H9NO3S/c1-10(14)4-2-3-5-11-6-8-12(9-7-11)13(15)16;1-9(13)3-2-4-10-5-7-11(8-6-10)12(14)15;1-5(11)6-2-7(9(12)13)4-8(10)3-6;2*7-4(8)1-2-6-3-5(9)10;5-10(8,9)3-1-2-4(6)7;1-4(6)2-3-9(5,7)8/h6-9H,2-5H2,1H3,(H,15,16);5-8H,2-4H2,1H3,(H,14,15);2-4H,10H2,1H3,(H,12,13);2*6H,1-3H2,(H,7,8)(H,9,10);1-3H2,(H,6,7)(H2,5,8,9);6H,1-3H2,(H2,5,7,8). The fourth-order valence-electron chi connectivity index (χ4n) is 5.32. The van der Waals surface area contributed by atoms with E-state index in [-0.39, 0.29) is 104 Å². The fourth-order valence-corrected chi connectivity index (χ4v) is 6.38. The number of Topliss-reactive ketones (excluding diaryl/α,β-unsaturated/α-hetero) is 3. The summed E-state index contributed by atoms with van der Waals surface area (Å²) in [6, 6.07) is 17.7. The summed E-state index contributed by atoms with van der Waals surface area (Å²) >= 11 is 0. The van der Waals surface area contributed by atoms with Crippen molar-refractivity contribution >= 4 is 90.8 Å². The zero-order chi connectivity index (χ0) is 64.9. The monoisotopic (exact) mass is 1220 g/mol. The Kier molecular flexibility index (Phi) is 45.0. The number of primary sulfonamides is 2.